The van der Waals surface area contributed by atoms with Crippen LogP contribution in [0.5, 0.6) is 5.75 Å². The summed E-state index contributed by atoms with van der Waals surface area (Å²) in [7, 11) is 0. The van der Waals surface area contributed by atoms with Crippen molar-refractivity contribution in [2.45, 2.75) is 19.4 Å². The normalized spacial score (nSPS) is 14.2. The molecule has 1 aromatic heterocycles. The Hall–Kier alpha value is -2.96. The first kappa shape index (κ1) is 22.3. The number of nitrogens with zero attached hydrogens (tertiary/aromatic N) is 1. The first-order valence-electron chi connectivity index (χ1n) is 8.87. The number of carbonyl (C=O) groups is 2. The Balaban J connectivity index is 0.000000207. The van der Waals surface area contributed by atoms with Gasteiger partial charge in [-0.15, -0.1) is 47.9 Å². The summed E-state index contributed by atoms with van der Waals surface area (Å²) in [5.41, 5.74) is 8.46. The van der Waals surface area contributed by atoms with Gasteiger partial charge in [0.25, 0.3) is 0 Å². The van der Waals surface area contributed by atoms with Crippen LogP contribution in [-0.2, 0) is 19.8 Å². The number of carbonyl (C=O) groups excluding carboxylic acids is 2. The molecular weight excluding hydrogens is 542 g/mol. The van der Waals surface area contributed by atoms with E-state index >= 15 is 0 Å². The molecule has 0 spiro atoms. The van der Waals surface area contributed by atoms with Gasteiger partial charge in [0, 0.05) is 17.7 Å². The van der Waals surface area contributed by atoms with Crippen molar-refractivity contribution in [1.29, 1.82) is 0 Å². The molecule has 6 heteroatoms. The van der Waals surface area contributed by atoms with Crippen LogP contribution >= 0.6 is 0 Å². The van der Waals surface area contributed by atoms with Crippen molar-refractivity contribution in [3.63, 3.8) is 0 Å². The minimum Gasteiger partial charge on any atom is -0.547 e. The average molecular weight is 563 g/mol. The molecule has 3 aromatic rings. The van der Waals surface area contributed by atoms with Crippen LogP contribution < -0.4 is 10.5 Å². The van der Waals surface area contributed by atoms with Gasteiger partial charge in [0.05, 0.1) is 6.10 Å². The Bertz CT molecular complexity index is 959. The maximum absolute atomic E-state index is 11.4. The Kier molecular flexibility index (Phi) is 8.12. The minimum atomic E-state index is -0.407. The molecule has 0 aliphatic carbocycles. The maximum atomic E-state index is 11.4. The molecule has 5 nitrogen and oxygen atoms in total. The van der Waals surface area contributed by atoms with Crippen LogP contribution in [0.2, 0.25) is 0 Å². The number of aromatic nitrogens is 1. The molecule has 0 saturated heterocycles. The molecule has 2 N–H and O–H groups in total. The Morgan fingerprint density at radius 1 is 1.14 bits per heavy atom. The summed E-state index contributed by atoms with van der Waals surface area (Å²) in [5, 5.41) is 0. The van der Waals surface area contributed by atoms with Gasteiger partial charge in [-0.05, 0) is 19.3 Å². The Morgan fingerprint density at radius 3 is 2.45 bits per heavy atom. The number of benzene rings is 2. The van der Waals surface area contributed by atoms with Gasteiger partial charge >= 0.3 is 19.8 Å². The smallest absolute Gasteiger partial charge is 0.547 e. The second-order valence-corrected chi connectivity index (χ2v) is 6.39. The van der Waals surface area contributed by atoms with E-state index in [-0.39, 0.29) is 31.7 Å². The van der Waals surface area contributed by atoms with Crippen molar-refractivity contribution in [1.82, 2.24) is 4.98 Å². The number of hydrogen-bond donors (Lipinski definition) is 1. The van der Waals surface area contributed by atoms with Crippen molar-refractivity contribution >= 4 is 11.7 Å². The molecule has 0 unspecified atom stereocenters. The van der Waals surface area contributed by atoms with Gasteiger partial charge in [-0.2, -0.15) is 18.2 Å². The van der Waals surface area contributed by atoms with Crippen LogP contribution in [0.15, 0.2) is 67.0 Å². The monoisotopic (exact) mass is 564 g/mol. The summed E-state index contributed by atoms with van der Waals surface area (Å²) in [4.78, 5) is 26.2. The predicted octanol–water partition coefficient (Wildman–Crippen LogP) is 3.62. The number of pyridine rings is 1. The first-order chi connectivity index (χ1) is 13.5. The fourth-order valence-electron chi connectivity index (χ4n) is 2.77. The maximum Gasteiger partial charge on any atom is 1.00 e. The number of hydrogen-bond acceptors (Lipinski definition) is 4. The zero-order valence-corrected chi connectivity index (χ0v) is 18.4. The average Bonchev–Trinajstić information content (AvgIpc) is 2.69. The van der Waals surface area contributed by atoms with E-state index in [1.807, 2.05) is 37.6 Å². The summed E-state index contributed by atoms with van der Waals surface area (Å²) in [6, 6.07) is 19.1. The van der Waals surface area contributed by atoms with Crippen molar-refractivity contribution < 1.29 is 34.1 Å². The number of ketones is 1. The van der Waals surface area contributed by atoms with Crippen molar-refractivity contribution in [2.75, 3.05) is 0 Å². The van der Waals surface area contributed by atoms with Crippen LogP contribution in [0.1, 0.15) is 45.2 Å². The standard InChI is InChI=1S/C13H11N2O.C10H9O2.Os/c14-13(16)12-3-1-10(2-4-12)9-11-5-7-15-8-6-11;1-7-6-9(11)8-4-2-3-5-10(8)12-7;/h1-9H,(H2,14,16);2,4-5,7H,6H2,1H3;/q2*-1;+1/t;7-;/m.0./s1. The topological polar surface area (TPSA) is 82.3 Å². The Morgan fingerprint density at radius 2 is 1.79 bits per heavy atom. The van der Waals surface area contributed by atoms with Gasteiger partial charge < -0.3 is 10.5 Å². The van der Waals surface area contributed by atoms with Crippen LogP contribution in [0.4, 0.5) is 0 Å². The largest absolute Gasteiger partial charge is 1.00 e. The molecule has 149 valence electrons. The molecular formula is C23H20N2O3Os-. The van der Waals surface area contributed by atoms with E-state index in [9.17, 15) is 9.59 Å². The van der Waals surface area contributed by atoms with E-state index in [0.717, 1.165) is 11.1 Å². The molecule has 1 aliphatic heterocycles. The SMILES string of the molecule is C[C@H]1CC(=O)c2cc[c-]cc2O1.NC(=O)c1ccc([CH-]c2ccncc2)cc1.[Os+]. The van der Waals surface area contributed by atoms with E-state index in [1.165, 1.54) is 0 Å². The molecule has 4 rings (SSSR count). The fourth-order valence-corrected chi connectivity index (χ4v) is 2.77. The molecule has 1 amide bonds. The predicted molar refractivity (Wildman–Crippen MR) is 106 cm³/mol. The van der Waals surface area contributed by atoms with Gasteiger partial charge in [0.1, 0.15) is 5.78 Å². The third kappa shape index (κ3) is 6.27. The molecule has 2 aromatic carbocycles. The van der Waals surface area contributed by atoms with Crippen molar-refractivity contribution in [3.05, 3.63) is 102 Å². The van der Waals surface area contributed by atoms with E-state index < -0.39 is 5.91 Å². The molecule has 1 aliphatic rings. The number of nitrogens with two attached hydrogens (primary N) is 1. The van der Waals surface area contributed by atoms with E-state index in [2.05, 4.69) is 11.1 Å². The second kappa shape index (κ2) is 10.5. The van der Waals surface area contributed by atoms with Gasteiger partial charge in [-0.1, -0.05) is 17.7 Å². The molecule has 0 saturated carbocycles. The summed E-state index contributed by atoms with van der Waals surface area (Å²) in [6.45, 7) is 1.90. The van der Waals surface area contributed by atoms with Crippen molar-refractivity contribution in [2.24, 2.45) is 5.73 Å². The quantitative estimate of drug-likeness (QED) is 0.495. The zero-order chi connectivity index (χ0) is 19.9. The van der Waals surface area contributed by atoms with Crippen molar-refractivity contribution in [3.8, 4) is 5.75 Å². The molecule has 0 bridgehead atoms. The third-order valence-electron chi connectivity index (χ3n) is 4.16. The number of primary amides is 1. The molecule has 1 radical (unpaired) electrons. The number of amides is 1. The van der Waals surface area contributed by atoms with Gasteiger partial charge in [-0.3, -0.25) is 14.6 Å². The first-order valence-corrected chi connectivity index (χ1v) is 8.87. The van der Waals surface area contributed by atoms with E-state index in [4.69, 9.17) is 10.5 Å². The van der Waals surface area contributed by atoms with Gasteiger partial charge in [-0.25, -0.2) is 0 Å². The number of rotatable bonds is 3. The van der Waals surface area contributed by atoms with E-state index in [1.54, 1.807) is 42.7 Å². The van der Waals surface area contributed by atoms with Crippen LogP contribution in [0.3, 0.4) is 0 Å². The number of Topliss-reactive ketones (excluding diaryl/α,β-unsaturated/α-hetero) is 1. The van der Waals surface area contributed by atoms with Crippen LogP contribution in [0, 0.1) is 12.5 Å². The summed E-state index contributed by atoms with van der Waals surface area (Å²) >= 11 is 0. The minimum absolute atomic E-state index is 0. The summed E-state index contributed by atoms with van der Waals surface area (Å²) in [6.07, 6.45) is 5.97. The fraction of sp³-hybridized carbons (Fsp3) is 0.130. The number of ether oxygens (including phenoxy) is 1. The van der Waals surface area contributed by atoms with Gasteiger partial charge in [0.2, 0.25) is 5.91 Å². The van der Waals surface area contributed by atoms with E-state index in [0.29, 0.717) is 23.3 Å². The van der Waals surface area contributed by atoms with Crippen LogP contribution in [-0.4, -0.2) is 22.8 Å². The second-order valence-electron chi connectivity index (χ2n) is 6.39. The molecule has 0 fully saturated rings. The Labute approximate surface area is 183 Å². The third-order valence-corrected chi connectivity index (χ3v) is 4.16. The molecule has 2 heterocycles. The van der Waals surface area contributed by atoms with Crippen LogP contribution in [0.25, 0.3) is 0 Å². The zero-order valence-electron chi connectivity index (χ0n) is 15.8. The van der Waals surface area contributed by atoms with Gasteiger partial charge in [0.15, 0.2) is 0 Å². The molecule has 29 heavy (non-hydrogen) atoms. The summed E-state index contributed by atoms with van der Waals surface area (Å²) in [5.74, 6) is 0.425. The molecule has 1 atom stereocenters. The summed E-state index contributed by atoms with van der Waals surface area (Å²) < 4.78 is 5.45. The number of fused-ring (bicyclic) bond motifs is 1.